The molecule has 2 radical (unpaired) electrons. The zero-order valence-electron chi connectivity index (χ0n) is 2.02. The summed E-state index contributed by atoms with van der Waals surface area (Å²) in [7, 11) is 0. The summed E-state index contributed by atoms with van der Waals surface area (Å²) < 4.78 is 16.8. The quantitative estimate of drug-likeness (QED) is 0.508. The molecule has 0 aliphatic rings. The molecule has 0 spiro atoms. The van der Waals surface area contributed by atoms with Crippen LogP contribution in [0.4, 0.5) is 0 Å². The molecule has 0 amide bonds. The first-order valence-electron chi connectivity index (χ1n) is 0.493. The van der Waals surface area contributed by atoms with Crippen molar-refractivity contribution < 1.29 is 5.54 Å². The second-order valence-corrected chi connectivity index (χ2v) is 0. The molecule has 0 aliphatic carbocycles. The van der Waals surface area contributed by atoms with Gasteiger partial charge in [-0.2, -0.15) is 0 Å². The minimum absolute atomic E-state index is 0.0556. The molecular weight excluding hydrogens is 354 g/mol. The Kier molecular flexibility index (Phi) is 58.9. The van der Waals surface area contributed by atoms with Gasteiger partial charge in [-0.05, 0) is 0 Å². The van der Waals surface area contributed by atoms with E-state index in [9.17, 15) is 0 Å². The third-order valence-electron chi connectivity index (χ3n) is 0. The van der Waals surface area contributed by atoms with E-state index in [0.717, 1.165) is 0 Å². The SMILES string of the molecule is [O]=[InH].[O]=[Pb]. The van der Waals surface area contributed by atoms with Gasteiger partial charge in [0.1, 0.15) is 0 Å². The average molecular weight is 355 g/mol. The predicted octanol–water partition coefficient (Wildman–Crippen LogP) is -1.27. The Morgan fingerprint density at radius 1 is 1.25 bits per heavy atom. The van der Waals surface area contributed by atoms with E-state index < -0.39 is 0 Å². The van der Waals surface area contributed by atoms with Crippen LogP contribution in [0, 0.1) is 0 Å². The fourth-order valence-corrected chi connectivity index (χ4v) is 0. The normalized spacial score (nSPS) is 1.75. The fraction of sp³-hybridized carbons (Fsp3) is 0. The molecule has 0 heterocycles. The van der Waals surface area contributed by atoms with Crippen LogP contribution in [0.1, 0.15) is 0 Å². The average Bonchev–Trinajstić information content (AvgIpc) is 1.50. The number of rotatable bonds is 0. The molecule has 0 aromatic rings. The zero-order valence-corrected chi connectivity index (χ0v) is 9.95. The Morgan fingerprint density at radius 3 is 1.25 bits per heavy atom. The van der Waals surface area contributed by atoms with Crippen molar-refractivity contribution in [2.45, 2.75) is 0 Å². The van der Waals surface area contributed by atoms with E-state index in [2.05, 4.69) is 0 Å². The van der Waals surface area contributed by atoms with Crippen LogP contribution in [0.25, 0.3) is 0 Å². The Morgan fingerprint density at radius 2 is 1.25 bits per heavy atom. The third-order valence-corrected chi connectivity index (χ3v) is 0. The van der Waals surface area contributed by atoms with Crippen LogP contribution >= 0.6 is 0 Å². The first-order chi connectivity index (χ1) is 2.00. The van der Waals surface area contributed by atoms with Gasteiger partial charge in [0, 0.05) is 0 Å². The molecule has 0 saturated carbocycles. The van der Waals surface area contributed by atoms with Crippen LogP contribution in [0.15, 0.2) is 0 Å². The van der Waals surface area contributed by atoms with Gasteiger partial charge in [-0.25, -0.2) is 0 Å². The van der Waals surface area contributed by atoms with Crippen LogP contribution in [0.2, 0.25) is 0 Å². The zero-order chi connectivity index (χ0) is 4.00. The Balaban J connectivity index is 0. The molecule has 0 unspecified atom stereocenters. The maximum atomic E-state index is 8.42. The summed E-state index contributed by atoms with van der Waals surface area (Å²) in [5.74, 6) is 0. The first kappa shape index (κ1) is 9.04. The minimum atomic E-state index is -0.1000. The number of hydrogen-bond acceptors (Lipinski definition) is 2. The summed E-state index contributed by atoms with van der Waals surface area (Å²) in [6, 6.07) is 0. The molecule has 0 atom stereocenters. The van der Waals surface area contributed by atoms with Crippen molar-refractivity contribution in [3.8, 4) is 0 Å². The van der Waals surface area contributed by atoms with Crippen LogP contribution in [-0.4, -0.2) is 50.2 Å². The maximum absolute atomic E-state index is 8.42. The van der Waals surface area contributed by atoms with Crippen LogP contribution in [-0.2, 0) is 5.54 Å². The van der Waals surface area contributed by atoms with E-state index in [1.54, 1.807) is 0 Å². The van der Waals surface area contributed by atoms with Crippen molar-refractivity contribution >= 4 is 50.2 Å². The summed E-state index contributed by atoms with van der Waals surface area (Å²) in [6.07, 6.45) is 0. The Labute approximate surface area is 55.1 Å². The molecule has 0 aromatic carbocycles. The van der Waals surface area contributed by atoms with Gasteiger partial charge in [-0.1, -0.05) is 0 Å². The van der Waals surface area contributed by atoms with Gasteiger partial charge in [0.2, 0.25) is 0 Å². The summed E-state index contributed by atoms with van der Waals surface area (Å²) >= 11 is -0.0444. The molecule has 4 heavy (non-hydrogen) atoms. The third kappa shape index (κ3) is 10.0. The molecule has 4 heteroatoms. The van der Waals surface area contributed by atoms with E-state index in [1.165, 1.54) is 0 Å². The summed E-state index contributed by atoms with van der Waals surface area (Å²) in [5, 5.41) is 0. The van der Waals surface area contributed by atoms with Crippen molar-refractivity contribution in [1.29, 1.82) is 0 Å². The van der Waals surface area contributed by atoms with Crippen LogP contribution < -0.4 is 0 Å². The second-order valence-electron chi connectivity index (χ2n) is 0. The number of hydrogen-bond donors (Lipinski definition) is 0. The molecule has 0 bridgehead atoms. The first-order valence-corrected chi connectivity index (χ1v) is 3.73. The van der Waals surface area contributed by atoms with E-state index in [0.29, 0.717) is 0 Å². The second kappa shape index (κ2) is 26.1. The van der Waals surface area contributed by atoms with Gasteiger partial charge >= 0.3 is 55.7 Å². The van der Waals surface area contributed by atoms with E-state index in [1.807, 2.05) is 0 Å². The van der Waals surface area contributed by atoms with Crippen LogP contribution in [0.5, 0.6) is 0 Å². The molecule has 0 aliphatic heterocycles. The van der Waals surface area contributed by atoms with Gasteiger partial charge in [-0.15, -0.1) is 0 Å². The van der Waals surface area contributed by atoms with Gasteiger partial charge in [0.15, 0.2) is 0 Å². The van der Waals surface area contributed by atoms with Gasteiger partial charge in [0.25, 0.3) is 0 Å². The van der Waals surface area contributed by atoms with Gasteiger partial charge in [-0.3, -0.25) is 0 Å². The summed E-state index contributed by atoms with van der Waals surface area (Å²) in [6.45, 7) is 0. The molecule has 0 saturated heterocycles. The standard InChI is InChI=1S/In.2O.Pb.H. The summed E-state index contributed by atoms with van der Waals surface area (Å²) in [5.41, 5.74) is 0. The van der Waals surface area contributed by atoms with Crippen molar-refractivity contribution in [3.05, 3.63) is 0 Å². The predicted molar refractivity (Wildman–Crippen MR) is 14.3 cm³/mol. The van der Waals surface area contributed by atoms with Gasteiger partial charge < -0.3 is 0 Å². The molecule has 0 N–H and O–H groups in total. The van der Waals surface area contributed by atoms with E-state index in [4.69, 9.17) is 5.54 Å². The Bertz CT molecular complexity index is 8.00. The summed E-state index contributed by atoms with van der Waals surface area (Å²) in [4.78, 5) is 0. The fourth-order valence-electron chi connectivity index (χ4n) is 0. The molecule has 2 nitrogen and oxygen atoms in total. The van der Waals surface area contributed by atoms with Crippen molar-refractivity contribution in [2.75, 3.05) is 0 Å². The molecule has 20 valence electrons. The van der Waals surface area contributed by atoms with Crippen molar-refractivity contribution in [1.82, 2.24) is 0 Å². The van der Waals surface area contributed by atoms with E-state index in [-0.39, 0.29) is 50.2 Å². The molecule has 0 aromatic heterocycles. The van der Waals surface area contributed by atoms with Crippen molar-refractivity contribution in [3.63, 3.8) is 0 Å². The van der Waals surface area contributed by atoms with Gasteiger partial charge in [0.05, 0.1) is 0 Å². The van der Waals surface area contributed by atoms with Crippen molar-refractivity contribution in [2.24, 2.45) is 0 Å². The molecular formula is HInO2Pb. The molecule has 0 fully saturated rings. The monoisotopic (exact) mass is 356 g/mol. The van der Waals surface area contributed by atoms with E-state index >= 15 is 0 Å². The van der Waals surface area contributed by atoms with Crippen LogP contribution in [0.3, 0.4) is 0 Å². The Hall–Kier alpha value is 1.39. The molecule has 0 rings (SSSR count). The topological polar surface area (TPSA) is 34.1 Å².